The third kappa shape index (κ3) is 6.32. The first kappa shape index (κ1) is 23.7. The maximum atomic E-state index is 12.9. The average Bonchev–Trinajstić information content (AvgIpc) is 2.90. The molecular formula is C29H27N3O3. The molecule has 0 radical (unpaired) electrons. The molecular weight excluding hydrogens is 438 g/mol. The van der Waals surface area contributed by atoms with E-state index in [0.717, 1.165) is 22.4 Å². The van der Waals surface area contributed by atoms with Gasteiger partial charge in [-0.3, -0.25) is 14.6 Å². The number of carbonyl (C=O) groups is 2. The Balaban J connectivity index is 1.37. The Morgan fingerprint density at radius 1 is 0.886 bits per heavy atom. The van der Waals surface area contributed by atoms with Crippen LogP contribution in [-0.4, -0.2) is 16.8 Å². The number of benzene rings is 3. The lowest BCUT2D eigenvalue weighted by Crippen LogP contribution is -2.26. The number of aromatic nitrogens is 1. The van der Waals surface area contributed by atoms with Crippen molar-refractivity contribution in [3.63, 3.8) is 0 Å². The summed E-state index contributed by atoms with van der Waals surface area (Å²) in [7, 11) is 0. The molecule has 176 valence electrons. The zero-order valence-electron chi connectivity index (χ0n) is 19.7. The highest BCUT2D eigenvalue weighted by Gasteiger charge is 2.14. The first-order chi connectivity index (χ1) is 17.0. The number of amides is 2. The van der Waals surface area contributed by atoms with E-state index in [-0.39, 0.29) is 17.9 Å². The van der Waals surface area contributed by atoms with Crippen molar-refractivity contribution in [2.24, 2.45) is 0 Å². The van der Waals surface area contributed by atoms with Gasteiger partial charge in [-0.25, -0.2) is 0 Å². The summed E-state index contributed by atoms with van der Waals surface area (Å²) in [6.07, 6.45) is 3.50. The molecule has 2 N–H and O–H groups in total. The van der Waals surface area contributed by atoms with Gasteiger partial charge in [-0.2, -0.15) is 0 Å². The van der Waals surface area contributed by atoms with Gasteiger partial charge in [-0.05, 0) is 67.4 Å². The number of carbonyl (C=O) groups excluding carboxylic acids is 2. The van der Waals surface area contributed by atoms with E-state index in [4.69, 9.17) is 4.74 Å². The van der Waals surface area contributed by atoms with Gasteiger partial charge in [0.05, 0.1) is 6.04 Å². The van der Waals surface area contributed by atoms with Crippen LogP contribution in [0.15, 0.2) is 97.3 Å². The highest BCUT2D eigenvalue weighted by molar-refractivity contribution is 6.05. The summed E-state index contributed by atoms with van der Waals surface area (Å²) < 4.78 is 5.80. The van der Waals surface area contributed by atoms with Crippen molar-refractivity contribution in [2.45, 2.75) is 26.5 Å². The molecule has 0 fully saturated rings. The first-order valence-electron chi connectivity index (χ1n) is 11.4. The van der Waals surface area contributed by atoms with Gasteiger partial charge in [-0.15, -0.1) is 0 Å². The first-order valence-corrected chi connectivity index (χ1v) is 11.4. The van der Waals surface area contributed by atoms with Crippen LogP contribution in [0.2, 0.25) is 0 Å². The molecule has 6 nitrogen and oxygen atoms in total. The molecule has 2 amide bonds. The van der Waals surface area contributed by atoms with Crippen molar-refractivity contribution in [2.75, 3.05) is 5.32 Å². The highest BCUT2D eigenvalue weighted by Crippen LogP contribution is 2.21. The lowest BCUT2D eigenvalue weighted by atomic mass is 10.1. The molecule has 0 saturated heterocycles. The summed E-state index contributed by atoms with van der Waals surface area (Å²) in [4.78, 5) is 29.5. The van der Waals surface area contributed by atoms with E-state index in [2.05, 4.69) is 15.6 Å². The lowest BCUT2D eigenvalue weighted by molar-refractivity contribution is 0.0938. The minimum atomic E-state index is -0.218. The summed E-state index contributed by atoms with van der Waals surface area (Å²) in [6, 6.07) is 25.5. The maximum Gasteiger partial charge on any atom is 0.255 e. The van der Waals surface area contributed by atoms with Crippen molar-refractivity contribution < 1.29 is 14.3 Å². The van der Waals surface area contributed by atoms with Gasteiger partial charge in [0.15, 0.2) is 0 Å². The molecule has 6 heteroatoms. The van der Waals surface area contributed by atoms with E-state index < -0.39 is 0 Å². The molecule has 3 aromatic carbocycles. The summed E-state index contributed by atoms with van der Waals surface area (Å²) in [5.74, 6) is 0.309. The van der Waals surface area contributed by atoms with Crippen LogP contribution in [0, 0.1) is 6.92 Å². The van der Waals surface area contributed by atoms with Crippen LogP contribution in [0.4, 0.5) is 5.69 Å². The molecule has 0 saturated carbocycles. The molecule has 1 heterocycles. The predicted octanol–water partition coefficient (Wildman–Crippen LogP) is 5.71. The van der Waals surface area contributed by atoms with Gasteiger partial charge in [0.2, 0.25) is 0 Å². The SMILES string of the molecule is Cc1ccc(C(=O)NC(C)c2ccc(OCc3cccnc3)cc2)cc1NC(=O)c1ccccc1. The quantitative estimate of drug-likeness (QED) is 0.349. The van der Waals surface area contributed by atoms with Crippen LogP contribution in [0.1, 0.15) is 50.4 Å². The largest absolute Gasteiger partial charge is 0.489 e. The van der Waals surface area contributed by atoms with Crippen LogP contribution >= 0.6 is 0 Å². The van der Waals surface area contributed by atoms with Crippen LogP contribution in [0.3, 0.4) is 0 Å². The van der Waals surface area contributed by atoms with Crippen LogP contribution in [0.25, 0.3) is 0 Å². The molecule has 1 aromatic heterocycles. The molecule has 35 heavy (non-hydrogen) atoms. The smallest absolute Gasteiger partial charge is 0.255 e. The Morgan fingerprint density at radius 2 is 1.66 bits per heavy atom. The number of pyridine rings is 1. The molecule has 0 aliphatic carbocycles. The molecule has 4 rings (SSSR count). The fourth-order valence-corrected chi connectivity index (χ4v) is 3.55. The van der Waals surface area contributed by atoms with Crippen LogP contribution < -0.4 is 15.4 Å². The summed E-state index contributed by atoms with van der Waals surface area (Å²) >= 11 is 0. The lowest BCUT2D eigenvalue weighted by Gasteiger charge is -2.16. The van der Waals surface area contributed by atoms with Crippen molar-refractivity contribution >= 4 is 17.5 Å². The van der Waals surface area contributed by atoms with Crippen molar-refractivity contribution in [1.29, 1.82) is 0 Å². The normalized spacial score (nSPS) is 11.4. The molecule has 1 atom stereocenters. The number of anilines is 1. The molecule has 0 aliphatic rings. The second-order valence-electron chi connectivity index (χ2n) is 8.26. The minimum Gasteiger partial charge on any atom is -0.489 e. The number of ether oxygens (including phenoxy) is 1. The zero-order valence-corrected chi connectivity index (χ0v) is 19.7. The van der Waals surface area contributed by atoms with Gasteiger partial charge in [0, 0.05) is 34.8 Å². The summed E-state index contributed by atoms with van der Waals surface area (Å²) in [5.41, 5.74) is 4.46. The highest BCUT2D eigenvalue weighted by atomic mass is 16.5. The van der Waals surface area contributed by atoms with E-state index in [0.29, 0.717) is 23.4 Å². The van der Waals surface area contributed by atoms with Crippen molar-refractivity contribution in [1.82, 2.24) is 10.3 Å². The number of aryl methyl sites for hydroxylation is 1. The number of nitrogens with zero attached hydrogens (tertiary/aromatic N) is 1. The Morgan fingerprint density at radius 3 is 2.37 bits per heavy atom. The Kier molecular flexibility index (Phi) is 7.53. The van der Waals surface area contributed by atoms with Gasteiger partial charge in [0.1, 0.15) is 12.4 Å². The van der Waals surface area contributed by atoms with Gasteiger partial charge in [-0.1, -0.05) is 42.5 Å². The second-order valence-corrected chi connectivity index (χ2v) is 8.26. The van der Waals surface area contributed by atoms with E-state index in [1.165, 1.54) is 0 Å². The summed E-state index contributed by atoms with van der Waals surface area (Å²) in [5, 5.41) is 5.92. The molecule has 0 aliphatic heterocycles. The van der Waals surface area contributed by atoms with Gasteiger partial charge >= 0.3 is 0 Å². The predicted molar refractivity (Wildman–Crippen MR) is 136 cm³/mol. The van der Waals surface area contributed by atoms with Crippen LogP contribution in [-0.2, 0) is 6.61 Å². The van der Waals surface area contributed by atoms with E-state index in [1.54, 1.807) is 36.7 Å². The average molecular weight is 466 g/mol. The number of hydrogen-bond acceptors (Lipinski definition) is 4. The maximum absolute atomic E-state index is 12.9. The van der Waals surface area contributed by atoms with Crippen molar-refractivity contribution in [3.8, 4) is 5.75 Å². The molecule has 0 spiro atoms. The minimum absolute atomic E-state index is 0.210. The van der Waals surface area contributed by atoms with E-state index >= 15 is 0 Å². The Hall–Kier alpha value is -4.45. The van der Waals surface area contributed by atoms with E-state index in [1.807, 2.05) is 74.5 Å². The fraction of sp³-hybridized carbons (Fsp3) is 0.138. The van der Waals surface area contributed by atoms with Crippen LogP contribution in [0.5, 0.6) is 5.75 Å². The monoisotopic (exact) mass is 465 g/mol. The molecule has 4 aromatic rings. The number of nitrogens with one attached hydrogen (secondary N) is 2. The Labute approximate surface area is 205 Å². The third-order valence-corrected chi connectivity index (χ3v) is 5.64. The zero-order chi connectivity index (χ0) is 24.6. The molecule has 0 bridgehead atoms. The number of hydrogen-bond donors (Lipinski definition) is 2. The molecule has 1 unspecified atom stereocenters. The van der Waals surface area contributed by atoms with E-state index in [9.17, 15) is 9.59 Å². The number of rotatable bonds is 8. The fourth-order valence-electron chi connectivity index (χ4n) is 3.55. The summed E-state index contributed by atoms with van der Waals surface area (Å²) in [6.45, 7) is 4.26. The third-order valence-electron chi connectivity index (χ3n) is 5.64. The topological polar surface area (TPSA) is 80.3 Å². The second kappa shape index (κ2) is 11.1. The van der Waals surface area contributed by atoms with Crippen molar-refractivity contribution in [3.05, 3.63) is 125 Å². The standard InChI is InChI=1S/C29H27N3O3/c1-20-10-11-25(17-27(20)32-28(33)24-8-4-3-5-9-24)29(34)31-21(2)23-12-14-26(15-13-23)35-19-22-7-6-16-30-18-22/h3-18,21H,19H2,1-2H3,(H,31,34)(H,32,33). The van der Waals surface area contributed by atoms with Gasteiger partial charge < -0.3 is 15.4 Å². The Bertz CT molecular complexity index is 1290. The van der Waals surface area contributed by atoms with Gasteiger partial charge in [0.25, 0.3) is 11.8 Å².